The minimum Gasteiger partial charge on any atom is -0.346 e. The molecule has 0 N–H and O–H groups in total. The molecule has 4 heterocycles. The van der Waals surface area contributed by atoms with Gasteiger partial charge < -0.3 is 9.47 Å². The molecule has 2 fully saturated rings. The van der Waals surface area contributed by atoms with E-state index in [-0.39, 0.29) is 12.1 Å². The van der Waals surface area contributed by atoms with E-state index >= 15 is 0 Å². The van der Waals surface area contributed by atoms with Crippen LogP contribution < -0.4 is 0 Å². The van der Waals surface area contributed by atoms with E-state index < -0.39 is 0 Å². The van der Waals surface area contributed by atoms with Gasteiger partial charge in [-0.2, -0.15) is 0 Å². The zero-order chi connectivity index (χ0) is 19.3. The number of aryl methyl sites for hydroxylation is 1. The maximum Gasteiger partial charge on any atom is 0.160 e. The number of fused-ring (bicyclic) bond motifs is 1. The number of nitrogens with zero attached hydrogens (tertiary/aromatic N) is 4. The molecule has 0 spiro atoms. The number of pyridine rings is 1. The van der Waals surface area contributed by atoms with Crippen molar-refractivity contribution in [2.24, 2.45) is 4.99 Å². The Morgan fingerprint density at radius 1 is 1.18 bits per heavy atom. The van der Waals surface area contributed by atoms with Crippen molar-refractivity contribution in [2.75, 3.05) is 5.75 Å². The predicted molar refractivity (Wildman–Crippen MR) is 117 cm³/mol. The molecule has 1 saturated heterocycles. The molecule has 2 aliphatic heterocycles. The van der Waals surface area contributed by atoms with Gasteiger partial charge in [0.1, 0.15) is 6.04 Å². The number of aromatic nitrogens is 2. The Kier molecular flexibility index (Phi) is 4.74. The molecule has 2 aromatic heterocycles. The molecule has 148 valence electrons. The summed E-state index contributed by atoms with van der Waals surface area (Å²) in [5, 5.41) is 1.22. The first-order valence-corrected chi connectivity index (χ1v) is 11.8. The van der Waals surface area contributed by atoms with Gasteiger partial charge >= 0.3 is 0 Å². The zero-order valence-corrected chi connectivity index (χ0v) is 18.0. The molecule has 0 radical (unpaired) electrons. The lowest BCUT2D eigenvalue weighted by Gasteiger charge is -2.32. The van der Waals surface area contributed by atoms with Crippen LogP contribution in [-0.2, 0) is 0 Å². The number of aliphatic imine (C=N–C) groups is 1. The van der Waals surface area contributed by atoms with Crippen molar-refractivity contribution in [1.29, 1.82) is 0 Å². The summed E-state index contributed by atoms with van der Waals surface area (Å²) in [6, 6.07) is 10.3. The summed E-state index contributed by atoms with van der Waals surface area (Å²) in [6.07, 6.45) is 8.45. The minimum absolute atomic E-state index is 0.0931. The third-order valence-electron chi connectivity index (χ3n) is 6.86. The van der Waals surface area contributed by atoms with Crippen LogP contribution in [0.25, 0.3) is 0 Å². The van der Waals surface area contributed by atoms with Crippen LogP contribution in [0.5, 0.6) is 0 Å². The first-order chi connectivity index (χ1) is 13.7. The molecule has 1 saturated carbocycles. The molecule has 0 bridgehead atoms. The number of hydrogen-bond acceptors (Lipinski definition) is 4. The van der Waals surface area contributed by atoms with Gasteiger partial charge in [-0.15, -0.1) is 0 Å². The van der Waals surface area contributed by atoms with E-state index in [1.54, 1.807) is 0 Å². The standard InChI is InChI=1S/C23H30N4S/c1-4-17-14-28-23-25-21(20-11-7-8-12-24-20)22(27(17)23)19-13-15(2)26(16(19)3)18-9-5-6-10-18/h7-8,11-13,17-18,21-22H,4-6,9-10,14H2,1-3H3/t17-,21+,22-/m1/s1. The largest absolute Gasteiger partial charge is 0.346 e. The Balaban J connectivity index is 1.60. The maximum absolute atomic E-state index is 5.19. The molecule has 1 aliphatic carbocycles. The van der Waals surface area contributed by atoms with Crippen LogP contribution in [0.4, 0.5) is 0 Å². The van der Waals surface area contributed by atoms with Crippen LogP contribution in [0.15, 0.2) is 35.5 Å². The van der Waals surface area contributed by atoms with Gasteiger partial charge in [0, 0.05) is 35.4 Å². The first-order valence-electron chi connectivity index (χ1n) is 10.8. The second-order valence-corrected chi connectivity index (χ2v) is 9.46. The van der Waals surface area contributed by atoms with Gasteiger partial charge in [-0.05, 0) is 56.9 Å². The molecular weight excluding hydrogens is 364 g/mol. The van der Waals surface area contributed by atoms with Crippen LogP contribution in [0.1, 0.15) is 79.8 Å². The first kappa shape index (κ1) is 18.3. The van der Waals surface area contributed by atoms with E-state index in [4.69, 9.17) is 9.98 Å². The summed E-state index contributed by atoms with van der Waals surface area (Å²) < 4.78 is 2.62. The molecule has 3 aliphatic rings. The van der Waals surface area contributed by atoms with E-state index in [1.807, 2.05) is 24.0 Å². The lowest BCUT2D eigenvalue weighted by molar-refractivity contribution is 0.254. The monoisotopic (exact) mass is 394 g/mol. The van der Waals surface area contributed by atoms with Crippen LogP contribution in [0.2, 0.25) is 0 Å². The molecule has 4 nitrogen and oxygen atoms in total. The Bertz CT molecular complexity index is 882. The van der Waals surface area contributed by atoms with Crippen molar-refractivity contribution in [2.45, 2.75) is 77.0 Å². The van der Waals surface area contributed by atoms with Crippen molar-refractivity contribution in [3.8, 4) is 0 Å². The topological polar surface area (TPSA) is 33.4 Å². The highest BCUT2D eigenvalue weighted by Crippen LogP contribution is 2.50. The maximum atomic E-state index is 5.19. The average Bonchev–Trinajstić information content (AvgIpc) is 3.47. The van der Waals surface area contributed by atoms with E-state index in [2.05, 4.69) is 48.4 Å². The second-order valence-electron chi connectivity index (χ2n) is 8.47. The molecule has 3 atom stereocenters. The molecule has 0 unspecified atom stereocenters. The Morgan fingerprint density at radius 3 is 2.71 bits per heavy atom. The van der Waals surface area contributed by atoms with E-state index in [0.717, 1.165) is 11.4 Å². The molecule has 5 heteroatoms. The Morgan fingerprint density at radius 2 is 2.00 bits per heavy atom. The highest BCUT2D eigenvalue weighted by atomic mass is 32.2. The number of rotatable bonds is 4. The smallest absolute Gasteiger partial charge is 0.160 e. The van der Waals surface area contributed by atoms with E-state index in [1.165, 1.54) is 54.2 Å². The van der Waals surface area contributed by atoms with Crippen LogP contribution >= 0.6 is 11.8 Å². The van der Waals surface area contributed by atoms with Gasteiger partial charge in [0.05, 0.1) is 11.7 Å². The second kappa shape index (κ2) is 7.25. The lowest BCUT2D eigenvalue weighted by Crippen LogP contribution is -2.35. The fourth-order valence-corrected chi connectivity index (χ4v) is 6.85. The van der Waals surface area contributed by atoms with E-state index in [9.17, 15) is 0 Å². The van der Waals surface area contributed by atoms with Crippen molar-refractivity contribution in [3.05, 3.63) is 53.1 Å². The summed E-state index contributed by atoms with van der Waals surface area (Å²) in [5.74, 6) is 1.15. The fraction of sp³-hybridized carbons (Fsp3) is 0.565. The molecule has 28 heavy (non-hydrogen) atoms. The average molecular weight is 395 g/mol. The van der Waals surface area contributed by atoms with Crippen molar-refractivity contribution < 1.29 is 0 Å². The third kappa shape index (κ3) is 2.81. The van der Waals surface area contributed by atoms with Crippen molar-refractivity contribution in [1.82, 2.24) is 14.5 Å². The van der Waals surface area contributed by atoms with Gasteiger partial charge in [0.25, 0.3) is 0 Å². The number of thioether (sulfide) groups is 1. The normalized spacial score (nSPS) is 27.5. The summed E-state index contributed by atoms with van der Waals surface area (Å²) >= 11 is 1.93. The highest BCUT2D eigenvalue weighted by Gasteiger charge is 2.46. The minimum atomic E-state index is 0.0931. The SMILES string of the molecule is CC[C@@H]1CSC2=N[C@@H](c3ccccn3)[C@@H](c3cc(C)n(C4CCCC4)c3C)N21. The van der Waals surface area contributed by atoms with Crippen LogP contribution in [-0.4, -0.2) is 31.4 Å². The van der Waals surface area contributed by atoms with Gasteiger partial charge in [-0.25, -0.2) is 0 Å². The molecule has 0 amide bonds. The molecule has 2 aromatic rings. The summed E-state index contributed by atoms with van der Waals surface area (Å²) in [5.41, 5.74) is 5.40. The predicted octanol–water partition coefficient (Wildman–Crippen LogP) is 5.59. The fourth-order valence-electron chi connectivity index (χ4n) is 5.51. The van der Waals surface area contributed by atoms with Gasteiger partial charge in [-0.1, -0.05) is 37.6 Å². The van der Waals surface area contributed by atoms with Crippen molar-refractivity contribution >= 4 is 16.9 Å². The van der Waals surface area contributed by atoms with Gasteiger partial charge in [0.15, 0.2) is 5.17 Å². The number of amidine groups is 1. The lowest BCUT2D eigenvalue weighted by atomic mass is 9.95. The van der Waals surface area contributed by atoms with Gasteiger partial charge in [0.2, 0.25) is 0 Å². The molecule has 0 aromatic carbocycles. The Labute approximate surface area is 172 Å². The zero-order valence-electron chi connectivity index (χ0n) is 17.1. The Hall–Kier alpha value is -1.75. The van der Waals surface area contributed by atoms with Crippen molar-refractivity contribution in [3.63, 3.8) is 0 Å². The highest BCUT2D eigenvalue weighted by molar-refractivity contribution is 8.14. The summed E-state index contributed by atoms with van der Waals surface area (Å²) in [7, 11) is 0. The van der Waals surface area contributed by atoms with Crippen LogP contribution in [0.3, 0.4) is 0 Å². The third-order valence-corrected chi connectivity index (χ3v) is 7.99. The van der Waals surface area contributed by atoms with E-state index in [0.29, 0.717) is 12.1 Å². The molecular formula is C23H30N4S. The number of hydrogen-bond donors (Lipinski definition) is 0. The molecule has 5 rings (SSSR count). The quantitative estimate of drug-likeness (QED) is 0.677. The summed E-state index contributed by atoms with van der Waals surface area (Å²) in [4.78, 5) is 12.5. The van der Waals surface area contributed by atoms with Gasteiger partial charge in [-0.3, -0.25) is 9.98 Å². The summed E-state index contributed by atoms with van der Waals surface area (Å²) in [6.45, 7) is 6.93. The van der Waals surface area contributed by atoms with Crippen LogP contribution in [0, 0.1) is 13.8 Å².